The van der Waals surface area contributed by atoms with E-state index in [9.17, 15) is 0 Å². The Morgan fingerprint density at radius 2 is 2.22 bits per heavy atom. The molecule has 2 nitrogen and oxygen atoms in total. The summed E-state index contributed by atoms with van der Waals surface area (Å²) in [7, 11) is 0. The van der Waals surface area contributed by atoms with Gasteiger partial charge in [-0.15, -0.1) is 11.3 Å². The average molecular weight is 323 g/mol. The minimum Gasteiger partial charge on any atom is -0.326 e. The Bertz CT molecular complexity index is 587. The van der Waals surface area contributed by atoms with Crippen LogP contribution in [0.4, 0.5) is 0 Å². The molecule has 0 spiro atoms. The highest BCUT2D eigenvalue weighted by Crippen LogP contribution is 2.44. The minimum atomic E-state index is 0.604. The number of benzene rings is 1. The third-order valence-corrected chi connectivity index (χ3v) is 5.01. The van der Waals surface area contributed by atoms with E-state index < -0.39 is 0 Å². The molecule has 0 aliphatic heterocycles. The first-order valence-corrected chi connectivity index (χ1v) is 7.76. The highest BCUT2D eigenvalue weighted by atomic mass is 79.9. The van der Waals surface area contributed by atoms with Crippen molar-refractivity contribution in [1.82, 2.24) is 4.98 Å². The van der Waals surface area contributed by atoms with E-state index in [0.717, 1.165) is 9.48 Å². The summed E-state index contributed by atoms with van der Waals surface area (Å²) in [6.07, 6.45) is 2.54. The first-order chi connectivity index (χ1) is 8.69. The van der Waals surface area contributed by atoms with Gasteiger partial charge in [-0.25, -0.2) is 4.98 Å². The molecular weight excluding hydrogens is 308 g/mol. The molecule has 94 valence electrons. The highest BCUT2D eigenvalue weighted by Gasteiger charge is 2.29. The lowest BCUT2D eigenvalue weighted by molar-refractivity contribution is 0.979. The lowest BCUT2D eigenvalue weighted by Gasteiger charge is -2.01. The fraction of sp³-hybridized carbons (Fsp3) is 0.357. The van der Waals surface area contributed by atoms with Crippen LogP contribution in [-0.4, -0.2) is 4.98 Å². The maximum absolute atomic E-state index is 5.83. The molecule has 1 fully saturated rings. The normalized spacial score (nSPS) is 15.1. The van der Waals surface area contributed by atoms with E-state index in [0.29, 0.717) is 12.5 Å². The molecule has 18 heavy (non-hydrogen) atoms. The van der Waals surface area contributed by atoms with Gasteiger partial charge in [-0.2, -0.15) is 0 Å². The van der Waals surface area contributed by atoms with Crippen molar-refractivity contribution >= 4 is 27.3 Å². The molecule has 0 unspecified atom stereocenters. The minimum absolute atomic E-state index is 0.604. The predicted molar refractivity (Wildman–Crippen MR) is 79.9 cm³/mol. The zero-order valence-electron chi connectivity index (χ0n) is 10.2. The maximum Gasteiger partial charge on any atom is 0.125 e. The standard InChI is InChI=1S/C14H15BrN2S/c1-8-2-5-10(11(15)6-8)14-17-13(9-3-4-9)12(7-16)18-14/h2,5-6,9H,3-4,7,16H2,1H3. The van der Waals surface area contributed by atoms with Crippen molar-refractivity contribution in [2.24, 2.45) is 5.73 Å². The Balaban J connectivity index is 2.05. The summed E-state index contributed by atoms with van der Waals surface area (Å²) in [5.74, 6) is 0.665. The van der Waals surface area contributed by atoms with Crippen LogP contribution in [0.1, 0.15) is 34.9 Å². The maximum atomic E-state index is 5.83. The predicted octanol–water partition coefficient (Wildman–Crippen LogP) is 4.22. The number of halogens is 1. The van der Waals surface area contributed by atoms with E-state index >= 15 is 0 Å². The summed E-state index contributed by atoms with van der Waals surface area (Å²) in [6.45, 7) is 2.70. The third-order valence-electron chi connectivity index (χ3n) is 3.23. The van der Waals surface area contributed by atoms with E-state index in [2.05, 4.69) is 41.1 Å². The topological polar surface area (TPSA) is 38.9 Å². The third kappa shape index (κ3) is 2.25. The Morgan fingerprint density at radius 3 is 2.83 bits per heavy atom. The van der Waals surface area contributed by atoms with Gasteiger partial charge in [-0.1, -0.05) is 28.1 Å². The molecular formula is C14H15BrN2S. The molecule has 0 amide bonds. The average Bonchev–Trinajstić information content (AvgIpc) is 3.10. The van der Waals surface area contributed by atoms with Crippen molar-refractivity contribution in [2.75, 3.05) is 0 Å². The smallest absolute Gasteiger partial charge is 0.125 e. The summed E-state index contributed by atoms with van der Waals surface area (Å²) in [6, 6.07) is 6.39. The molecule has 1 saturated carbocycles. The fourth-order valence-electron chi connectivity index (χ4n) is 2.09. The van der Waals surface area contributed by atoms with Crippen LogP contribution in [0.5, 0.6) is 0 Å². The quantitative estimate of drug-likeness (QED) is 0.918. The summed E-state index contributed by atoms with van der Waals surface area (Å²) in [5.41, 5.74) is 9.50. The van der Waals surface area contributed by atoms with Gasteiger partial charge in [0.05, 0.1) is 5.69 Å². The zero-order chi connectivity index (χ0) is 12.7. The zero-order valence-corrected chi connectivity index (χ0v) is 12.6. The van der Waals surface area contributed by atoms with Crippen LogP contribution in [0.2, 0.25) is 0 Å². The van der Waals surface area contributed by atoms with Crippen LogP contribution in [0.3, 0.4) is 0 Å². The first-order valence-electron chi connectivity index (χ1n) is 6.15. The van der Waals surface area contributed by atoms with Gasteiger partial charge < -0.3 is 5.73 Å². The molecule has 0 atom stereocenters. The SMILES string of the molecule is Cc1ccc(-c2nc(C3CC3)c(CN)s2)c(Br)c1. The summed E-state index contributed by atoms with van der Waals surface area (Å²) < 4.78 is 1.11. The van der Waals surface area contributed by atoms with E-state index in [4.69, 9.17) is 10.7 Å². The largest absolute Gasteiger partial charge is 0.326 e. The van der Waals surface area contributed by atoms with Gasteiger partial charge in [0.1, 0.15) is 5.01 Å². The second-order valence-corrected chi connectivity index (χ2v) is 6.73. The molecule has 1 aliphatic rings. The summed E-state index contributed by atoms with van der Waals surface area (Å²) in [4.78, 5) is 6.06. The second kappa shape index (κ2) is 4.76. The number of hydrogen-bond acceptors (Lipinski definition) is 3. The Morgan fingerprint density at radius 1 is 1.44 bits per heavy atom. The monoisotopic (exact) mass is 322 g/mol. The Hall–Kier alpha value is -0.710. The van der Waals surface area contributed by atoms with Crippen LogP contribution >= 0.6 is 27.3 Å². The number of thiazole rings is 1. The van der Waals surface area contributed by atoms with Gasteiger partial charge >= 0.3 is 0 Å². The Kier molecular flexibility index (Phi) is 3.26. The van der Waals surface area contributed by atoms with Crippen molar-refractivity contribution in [3.8, 4) is 10.6 Å². The molecule has 2 N–H and O–H groups in total. The first kappa shape index (κ1) is 12.3. The van der Waals surface area contributed by atoms with Crippen LogP contribution in [0.25, 0.3) is 10.6 Å². The highest BCUT2D eigenvalue weighted by molar-refractivity contribution is 9.10. The van der Waals surface area contributed by atoms with Crippen LogP contribution in [0.15, 0.2) is 22.7 Å². The lowest BCUT2D eigenvalue weighted by atomic mass is 10.1. The molecule has 2 aromatic rings. The fourth-order valence-corrected chi connectivity index (χ4v) is 3.97. The van der Waals surface area contributed by atoms with Crippen molar-refractivity contribution in [3.63, 3.8) is 0 Å². The van der Waals surface area contributed by atoms with E-state index in [1.54, 1.807) is 11.3 Å². The van der Waals surface area contributed by atoms with E-state index in [-0.39, 0.29) is 0 Å². The molecule has 3 rings (SSSR count). The molecule has 0 radical (unpaired) electrons. The summed E-state index contributed by atoms with van der Waals surface area (Å²) >= 11 is 5.36. The van der Waals surface area contributed by atoms with Gasteiger partial charge in [-0.3, -0.25) is 0 Å². The van der Waals surface area contributed by atoms with Crippen molar-refractivity contribution in [1.29, 1.82) is 0 Å². The van der Waals surface area contributed by atoms with E-state index in [1.807, 2.05) is 0 Å². The molecule has 1 aromatic carbocycles. The molecule has 0 saturated heterocycles. The molecule has 4 heteroatoms. The number of aromatic nitrogens is 1. The Labute approximate surface area is 119 Å². The number of nitrogens with two attached hydrogens (primary N) is 1. The molecule has 1 heterocycles. The van der Waals surface area contributed by atoms with Crippen molar-refractivity contribution < 1.29 is 0 Å². The number of aryl methyl sites for hydroxylation is 1. The molecule has 1 aliphatic carbocycles. The van der Waals surface area contributed by atoms with Crippen LogP contribution in [0, 0.1) is 6.92 Å². The molecule has 1 aromatic heterocycles. The number of rotatable bonds is 3. The van der Waals surface area contributed by atoms with Crippen LogP contribution < -0.4 is 5.73 Å². The van der Waals surface area contributed by atoms with Gasteiger partial charge in [0, 0.05) is 27.4 Å². The van der Waals surface area contributed by atoms with Crippen molar-refractivity contribution in [3.05, 3.63) is 38.8 Å². The summed E-state index contributed by atoms with van der Waals surface area (Å²) in [5, 5.41) is 1.09. The van der Waals surface area contributed by atoms with Gasteiger partial charge in [-0.05, 0) is 31.4 Å². The van der Waals surface area contributed by atoms with Gasteiger partial charge in [0.2, 0.25) is 0 Å². The second-order valence-electron chi connectivity index (χ2n) is 4.79. The van der Waals surface area contributed by atoms with Crippen molar-refractivity contribution in [2.45, 2.75) is 32.2 Å². The van der Waals surface area contributed by atoms with E-state index in [1.165, 1.54) is 34.5 Å². The lowest BCUT2D eigenvalue weighted by Crippen LogP contribution is -1.96. The number of hydrogen-bond donors (Lipinski definition) is 1. The molecule has 0 bridgehead atoms. The van der Waals surface area contributed by atoms with Gasteiger partial charge in [0.15, 0.2) is 0 Å². The van der Waals surface area contributed by atoms with Gasteiger partial charge in [0.25, 0.3) is 0 Å². The van der Waals surface area contributed by atoms with Crippen LogP contribution in [-0.2, 0) is 6.54 Å². The number of nitrogens with zero attached hydrogens (tertiary/aromatic N) is 1.